The first-order valence-corrected chi connectivity index (χ1v) is 46.5. The van der Waals surface area contributed by atoms with Crippen LogP contribution >= 0.6 is 0 Å². The minimum Gasteiger partial charge on any atom is -0.307 e. The average molecular weight is 1680 g/mol. The van der Waals surface area contributed by atoms with E-state index in [1.54, 1.807) is 0 Å². The highest BCUT2D eigenvalue weighted by atomic mass is 15.0. The van der Waals surface area contributed by atoms with Gasteiger partial charge in [0.1, 0.15) is 0 Å². The third-order valence-electron chi connectivity index (χ3n) is 29.6. The van der Waals surface area contributed by atoms with Crippen molar-refractivity contribution in [2.75, 3.05) is 0 Å². The van der Waals surface area contributed by atoms with Gasteiger partial charge in [-0.05, 0) is 152 Å². The summed E-state index contributed by atoms with van der Waals surface area (Å²) in [6.45, 7) is 13.9. The third kappa shape index (κ3) is 10.4. The largest absolute Gasteiger partial charge is 0.307 e. The number of hydrogen-bond donors (Lipinski definition) is 0. The van der Waals surface area contributed by atoms with Gasteiger partial charge in [-0.15, -0.1) is 0 Å². The van der Waals surface area contributed by atoms with E-state index in [-0.39, 0.29) is 10.8 Å². The van der Waals surface area contributed by atoms with Crippen LogP contribution in [0.4, 0.5) is 0 Å². The van der Waals surface area contributed by atoms with Crippen molar-refractivity contribution in [3.05, 3.63) is 424 Å². The molecule has 8 aromatic heterocycles. The van der Waals surface area contributed by atoms with E-state index in [0.717, 1.165) is 22.3 Å². The molecule has 0 saturated carbocycles. The third-order valence-corrected chi connectivity index (χ3v) is 29.6. The van der Waals surface area contributed by atoms with Crippen LogP contribution in [-0.2, 0) is 10.8 Å². The second-order valence-electron chi connectivity index (χ2n) is 38.8. The van der Waals surface area contributed by atoms with Gasteiger partial charge in [0.05, 0.1) is 66.2 Å². The number of rotatable bonds is 11. The van der Waals surface area contributed by atoms with Gasteiger partial charge in [0, 0.05) is 108 Å². The first-order valence-electron chi connectivity index (χ1n) is 46.5. The molecule has 0 saturated heterocycles. The fourth-order valence-corrected chi connectivity index (χ4v) is 23.7. The lowest BCUT2D eigenvalue weighted by atomic mass is 9.85. The van der Waals surface area contributed by atoms with E-state index in [2.05, 4.69) is 472 Å². The smallest absolute Gasteiger partial charge is 0.0634 e. The van der Waals surface area contributed by atoms with Crippen molar-refractivity contribution >= 4 is 152 Å². The first kappa shape index (κ1) is 74.7. The fraction of sp³-hybridized carbons (Fsp3) is 0.0625. The van der Waals surface area contributed by atoms with Crippen LogP contribution in [0.25, 0.3) is 275 Å². The van der Waals surface area contributed by atoms with Gasteiger partial charge in [0.25, 0.3) is 0 Å². The van der Waals surface area contributed by atoms with Crippen LogP contribution in [0.15, 0.2) is 413 Å². The standard InChI is InChI=1S/C128H86N4/c1-127(2,3)89-62-58-82(59-63-89)93-68-71-99-115-107(84-32-15-9-16-33-84)123-117(101-72-69-94(83-60-64-90(65-61-83)128(4,5)6)114-96-39-20-23-42-103(96)129(123)120(101)114)109(125(115)131-105-44-25-21-40-97(105)113(93)119(99)131)86-56-50-79(51-57-86)87-36-27-37-88(74-87)110-118-102-73-67-92(81-54-48-78(49-55-81)76-30-13-8-14-31-76)112-95-38-19-24-43-104(95)130(122(102)112)124(118)108(85-34-17-10-18-35-85)116-100-70-66-91(80-52-46-77(47-53-80)75-28-11-7-12-29-75)111-98-41-22-26-45-106(98)132(121(100)111)126(110)116/h7-74H,1-6H3. The maximum Gasteiger partial charge on any atom is 0.0634 e. The number of benzene rings is 20. The molecule has 0 spiro atoms. The van der Waals surface area contributed by atoms with Gasteiger partial charge in [-0.25, -0.2) is 0 Å². The molecule has 0 amide bonds. The summed E-state index contributed by atoms with van der Waals surface area (Å²) in [6.07, 6.45) is 0. The van der Waals surface area contributed by atoms with E-state index in [0.29, 0.717) is 0 Å². The van der Waals surface area contributed by atoms with Crippen molar-refractivity contribution in [3.8, 4) is 122 Å². The molecule has 4 nitrogen and oxygen atoms in total. The molecule has 0 aliphatic rings. The van der Waals surface area contributed by atoms with E-state index in [1.807, 2.05) is 0 Å². The number of aromatic nitrogens is 4. The Labute approximate surface area is 763 Å². The summed E-state index contributed by atoms with van der Waals surface area (Å²) < 4.78 is 10.7. The zero-order valence-electron chi connectivity index (χ0n) is 74.0. The second kappa shape index (κ2) is 27.6. The maximum atomic E-state index is 2.68. The van der Waals surface area contributed by atoms with Crippen molar-refractivity contribution in [1.82, 2.24) is 17.6 Å². The van der Waals surface area contributed by atoms with Gasteiger partial charge in [-0.2, -0.15) is 0 Å². The van der Waals surface area contributed by atoms with E-state index < -0.39 is 0 Å². The molecule has 618 valence electrons. The van der Waals surface area contributed by atoms with E-state index >= 15 is 0 Å². The van der Waals surface area contributed by atoms with Gasteiger partial charge in [0.2, 0.25) is 0 Å². The molecule has 28 aromatic rings. The zero-order valence-corrected chi connectivity index (χ0v) is 74.0. The number of fused-ring (bicyclic) bond motifs is 24. The first-order chi connectivity index (χ1) is 64.8. The van der Waals surface area contributed by atoms with Gasteiger partial charge in [-0.1, -0.05) is 424 Å². The predicted octanol–water partition coefficient (Wildman–Crippen LogP) is 35.2. The summed E-state index contributed by atoms with van der Waals surface area (Å²) in [6, 6.07) is 157. The van der Waals surface area contributed by atoms with E-state index in [1.165, 1.54) is 264 Å². The topological polar surface area (TPSA) is 17.6 Å². The van der Waals surface area contributed by atoms with Gasteiger partial charge >= 0.3 is 0 Å². The molecule has 0 radical (unpaired) electrons. The summed E-state index contributed by atoms with van der Waals surface area (Å²) in [5, 5.41) is 19.8. The van der Waals surface area contributed by atoms with Crippen LogP contribution in [0.5, 0.6) is 0 Å². The van der Waals surface area contributed by atoms with Gasteiger partial charge < -0.3 is 17.6 Å². The summed E-state index contributed by atoms with van der Waals surface area (Å²) >= 11 is 0. The second-order valence-corrected chi connectivity index (χ2v) is 38.8. The lowest BCUT2D eigenvalue weighted by Crippen LogP contribution is -2.10. The molecule has 4 heteroatoms. The van der Waals surface area contributed by atoms with Crippen molar-refractivity contribution in [1.29, 1.82) is 0 Å². The van der Waals surface area contributed by atoms with Crippen LogP contribution in [0.3, 0.4) is 0 Å². The highest BCUT2D eigenvalue weighted by molar-refractivity contribution is 6.42. The summed E-state index contributed by atoms with van der Waals surface area (Å²) in [5.41, 5.74) is 43.4. The molecule has 0 unspecified atom stereocenters. The van der Waals surface area contributed by atoms with Crippen molar-refractivity contribution in [2.24, 2.45) is 0 Å². The molecule has 0 N–H and O–H groups in total. The van der Waals surface area contributed by atoms with Gasteiger partial charge in [0.15, 0.2) is 0 Å². The molecule has 0 atom stereocenters. The molecule has 0 aliphatic heterocycles. The summed E-state index contributed by atoms with van der Waals surface area (Å²) in [5.74, 6) is 0. The molecule has 0 aliphatic carbocycles. The Bertz CT molecular complexity index is 9460. The Morgan fingerprint density at radius 2 is 0.356 bits per heavy atom. The highest BCUT2D eigenvalue weighted by Crippen LogP contribution is 2.60. The Morgan fingerprint density at radius 3 is 0.652 bits per heavy atom. The maximum absolute atomic E-state index is 2.68. The van der Waals surface area contributed by atoms with Crippen molar-refractivity contribution in [2.45, 2.75) is 52.4 Å². The molecule has 132 heavy (non-hydrogen) atoms. The Hall–Kier alpha value is -16.4. The Kier molecular flexibility index (Phi) is 15.6. The van der Waals surface area contributed by atoms with Crippen LogP contribution < -0.4 is 0 Å². The molecule has 8 heterocycles. The van der Waals surface area contributed by atoms with Crippen LogP contribution in [0.2, 0.25) is 0 Å². The quantitative estimate of drug-likeness (QED) is 0.123. The Balaban J connectivity index is 0.724. The summed E-state index contributed by atoms with van der Waals surface area (Å²) in [7, 11) is 0. The fourth-order valence-electron chi connectivity index (χ4n) is 23.7. The number of para-hydroxylation sites is 4. The highest BCUT2D eigenvalue weighted by Gasteiger charge is 2.36. The van der Waals surface area contributed by atoms with Crippen LogP contribution in [-0.4, -0.2) is 17.6 Å². The minimum atomic E-state index is 0.00581. The minimum absolute atomic E-state index is 0.00581. The molecule has 0 fully saturated rings. The Morgan fingerprint density at radius 1 is 0.144 bits per heavy atom. The lowest BCUT2D eigenvalue weighted by molar-refractivity contribution is 0.590. The average Bonchev–Trinajstić information content (AvgIpc) is 1.49. The zero-order chi connectivity index (χ0) is 87.4. The van der Waals surface area contributed by atoms with E-state index in [4.69, 9.17) is 0 Å². The molecular weight excluding hydrogens is 1590 g/mol. The molecule has 20 aromatic carbocycles. The normalized spacial score (nSPS) is 12.6. The molecule has 0 bridgehead atoms. The van der Waals surface area contributed by atoms with E-state index in [9.17, 15) is 0 Å². The van der Waals surface area contributed by atoms with Gasteiger partial charge in [-0.3, -0.25) is 0 Å². The number of hydrogen-bond acceptors (Lipinski definition) is 0. The predicted molar refractivity (Wildman–Crippen MR) is 562 cm³/mol. The molecule has 28 rings (SSSR count). The van der Waals surface area contributed by atoms with Crippen LogP contribution in [0, 0.1) is 0 Å². The number of nitrogens with zero attached hydrogens (tertiary/aromatic N) is 4. The van der Waals surface area contributed by atoms with Crippen molar-refractivity contribution in [3.63, 3.8) is 0 Å². The van der Waals surface area contributed by atoms with Crippen LogP contribution in [0.1, 0.15) is 52.7 Å². The van der Waals surface area contributed by atoms with Crippen molar-refractivity contribution < 1.29 is 0 Å². The SMILES string of the molecule is CC(C)(C)c1ccc(-c2ccc3c4c(-c5ccc(-c6cccc(-c7c8c9ccc(-c%10ccc(-c%11ccccc%11)cc%10)c%10c%11ccccc%11n(c8c(-c8ccccc8)c8c%11ccc(-c%12ccc(-c%13ccccc%13)cc%12)c%12c%13ccccc%13n(c78)c%11%12)c9%10)c6)cc5)c5c(c(-c6ccccc6)c4n4c6ccccc6c2c34)c2ccc(-c3ccc(C(C)(C)C)cc3)c3c4ccccc4n5c23)cc1. The molecular formula is C128H86N4. The monoisotopic (exact) mass is 1680 g/mol. The summed E-state index contributed by atoms with van der Waals surface area (Å²) in [4.78, 5) is 0. The lowest BCUT2D eigenvalue weighted by Gasteiger charge is -2.19.